The molecule has 1 aliphatic heterocycles. The molecule has 4 rings (SSSR count). The van der Waals surface area contributed by atoms with Gasteiger partial charge in [-0.05, 0) is 42.7 Å². The molecular formula is C23H25N3O3S. The van der Waals surface area contributed by atoms with Crippen LogP contribution in [-0.4, -0.2) is 48.3 Å². The van der Waals surface area contributed by atoms with Crippen LogP contribution in [-0.2, 0) is 11.2 Å². The molecule has 0 saturated carbocycles. The number of para-hydroxylation sites is 1. The Labute approximate surface area is 180 Å². The first-order chi connectivity index (χ1) is 14.7. The maximum atomic E-state index is 12.7. The maximum absolute atomic E-state index is 12.7. The number of nitrogens with zero attached hydrogens (tertiary/aromatic N) is 3. The largest absolute Gasteiger partial charge is 0.497 e. The highest BCUT2D eigenvalue weighted by Crippen LogP contribution is 2.36. The Bertz CT molecular complexity index is 1010. The van der Waals surface area contributed by atoms with Crippen LogP contribution in [0.2, 0.25) is 0 Å². The minimum Gasteiger partial charge on any atom is -0.497 e. The van der Waals surface area contributed by atoms with Crippen molar-refractivity contribution in [2.45, 2.75) is 25.2 Å². The van der Waals surface area contributed by atoms with Crippen LogP contribution in [0.1, 0.15) is 29.3 Å². The third kappa shape index (κ3) is 4.46. The summed E-state index contributed by atoms with van der Waals surface area (Å²) in [5.41, 5.74) is 1.95. The van der Waals surface area contributed by atoms with Crippen molar-refractivity contribution in [2.24, 2.45) is 0 Å². The maximum Gasteiger partial charge on any atom is 0.226 e. The van der Waals surface area contributed by atoms with Gasteiger partial charge in [0.15, 0.2) is 5.01 Å². The molecule has 1 aromatic heterocycles. The minimum atomic E-state index is 0.161. The average Bonchev–Trinajstić information content (AvgIpc) is 3.29. The smallest absolute Gasteiger partial charge is 0.226 e. The monoisotopic (exact) mass is 423 g/mol. The van der Waals surface area contributed by atoms with Crippen molar-refractivity contribution in [3.05, 3.63) is 59.1 Å². The van der Waals surface area contributed by atoms with Crippen molar-refractivity contribution in [1.29, 1.82) is 0 Å². The third-order valence-corrected chi connectivity index (χ3v) is 6.58. The lowest BCUT2D eigenvalue weighted by atomic mass is 9.97. The van der Waals surface area contributed by atoms with Gasteiger partial charge in [-0.25, -0.2) is 0 Å². The highest BCUT2D eigenvalue weighted by Gasteiger charge is 2.26. The van der Waals surface area contributed by atoms with E-state index in [1.54, 1.807) is 25.6 Å². The third-order valence-electron chi connectivity index (χ3n) is 5.46. The summed E-state index contributed by atoms with van der Waals surface area (Å²) in [7, 11) is 3.30. The van der Waals surface area contributed by atoms with Gasteiger partial charge in [-0.2, -0.15) is 0 Å². The fourth-order valence-corrected chi connectivity index (χ4v) is 4.82. The summed E-state index contributed by atoms with van der Waals surface area (Å²) in [5, 5.41) is 10.7. The molecule has 156 valence electrons. The first-order valence-corrected chi connectivity index (χ1v) is 10.9. The first-order valence-electron chi connectivity index (χ1n) is 10.1. The number of carbonyl (C=O) groups is 1. The van der Waals surface area contributed by atoms with Crippen molar-refractivity contribution < 1.29 is 14.3 Å². The van der Waals surface area contributed by atoms with E-state index >= 15 is 0 Å². The van der Waals surface area contributed by atoms with Crippen LogP contribution in [0.3, 0.4) is 0 Å². The van der Waals surface area contributed by atoms with E-state index in [-0.39, 0.29) is 5.91 Å². The number of amides is 1. The molecule has 7 heteroatoms. The molecular weight excluding hydrogens is 398 g/mol. The Morgan fingerprint density at radius 1 is 1.07 bits per heavy atom. The van der Waals surface area contributed by atoms with Crippen LogP contribution in [0, 0.1) is 0 Å². The lowest BCUT2D eigenvalue weighted by Gasteiger charge is -2.31. The van der Waals surface area contributed by atoms with Gasteiger partial charge in [0.05, 0.1) is 26.2 Å². The molecule has 6 nitrogen and oxygen atoms in total. The van der Waals surface area contributed by atoms with Gasteiger partial charge in [0.1, 0.15) is 16.5 Å². The second-order valence-electron chi connectivity index (χ2n) is 7.33. The Morgan fingerprint density at radius 3 is 2.63 bits per heavy atom. The molecule has 0 unspecified atom stereocenters. The van der Waals surface area contributed by atoms with E-state index < -0.39 is 0 Å². The Balaban J connectivity index is 1.36. The van der Waals surface area contributed by atoms with Gasteiger partial charge in [0.2, 0.25) is 5.91 Å². The molecule has 1 aliphatic rings. The first kappa shape index (κ1) is 20.3. The van der Waals surface area contributed by atoms with E-state index in [1.807, 2.05) is 53.4 Å². The highest BCUT2D eigenvalue weighted by molar-refractivity contribution is 7.14. The summed E-state index contributed by atoms with van der Waals surface area (Å²) in [6, 6.07) is 15.6. The molecule has 1 amide bonds. The molecule has 2 heterocycles. The van der Waals surface area contributed by atoms with E-state index in [9.17, 15) is 4.79 Å². The highest BCUT2D eigenvalue weighted by atomic mass is 32.1. The van der Waals surface area contributed by atoms with E-state index in [4.69, 9.17) is 9.47 Å². The Kier molecular flexibility index (Phi) is 6.28. The van der Waals surface area contributed by atoms with Crippen molar-refractivity contribution in [3.63, 3.8) is 0 Å². The van der Waals surface area contributed by atoms with Crippen LogP contribution in [0.25, 0.3) is 10.6 Å². The molecule has 30 heavy (non-hydrogen) atoms. The number of hydrogen-bond acceptors (Lipinski definition) is 6. The van der Waals surface area contributed by atoms with Crippen molar-refractivity contribution in [2.75, 3.05) is 27.3 Å². The Hall–Kier alpha value is -2.93. The number of likely N-dealkylation sites (tertiary alicyclic amines) is 1. The van der Waals surface area contributed by atoms with E-state index in [2.05, 4.69) is 10.2 Å². The lowest BCUT2D eigenvalue weighted by Crippen LogP contribution is -2.38. The predicted molar refractivity (Wildman–Crippen MR) is 117 cm³/mol. The van der Waals surface area contributed by atoms with Crippen LogP contribution < -0.4 is 9.47 Å². The molecule has 0 spiro atoms. The number of ether oxygens (including phenoxy) is 2. The van der Waals surface area contributed by atoms with Gasteiger partial charge < -0.3 is 14.4 Å². The molecule has 3 aromatic rings. The summed E-state index contributed by atoms with van der Waals surface area (Å²) < 4.78 is 10.7. The second-order valence-corrected chi connectivity index (χ2v) is 8.34. The van der Waals surface area contributed by atoms with Gasteiger partial charge in [-0.3, -0.25) is 4.79 Å². The molecule has 0 atom stereocenters. The predicted octanol–water partition coefficient (Wildman–Crippen LogP) is 4.17. The number of aromatic nitrogens is 2. The fourth-order valence-electron chi connectivity index (χ4n) is 3.77. The quantitative estimate of drug-likeness (QED) is 0.595. The van der Waals surface area contributed by atoms with E-state index in [0.29, 0.717) is 12.3 Å². The van der Waals surface area contributed by atoms with Gasteiger partial charge in [0.25, 0.3) is 0 Å². The number of benzene rings is 2. The number of hydrogen-bond donors (Lipinski definition) is 0. The van der Waals surface area contributed by atoms with Crippen molar-refractivity contribution in [3.8, 4) is 22.1 Å². The lowest BCUT2D eigenvalue weighted by molar-refractivity contribution is -0.131. The summed E-state index contributed by atoms with van der Waals surface area (Å²) in [6.07, 6.45) is 2.22. The summed E-state index contributed by atoms with van der Waals surface area (Å²) in [6.45, 7) is 1.49. The van der Waals surface area contributed by atoms with Crippen molar-refractivity contribution in [1.82, 2.24) is 15.1 Å². The second kappa shape index (κ2) is 9.26. The van der Waals surface area contributed by atoms with Gasteiger partial charge in [-0.1, -0.05) is 35.6 Å². The average molecular weight is 424 g/mol. The fraction of sp³-hybridized carbons (Fsp3) is 0.348. The molecule has 1 fully saturated rings. The van der Waals surface area contributed by atoms with Crippen molar-refractivity contribution >= 4 is 17.2 Å². The van der Waals surface area contributed by atoms with Crippen LogP contribution in [0.4, 0.5) is 0 Å². The zero-order valence-corrected chi connectivity index (χ0v) is 18.0. The van der Waals surface area contributed by atoms with Crippen LogP contribution >= 0.6 is 11.3 Å². The molecule has 0 radical (unpaired) electrons. The van der Waals surface area contributed by atoms with Gasteiger partial charge in [0, 0.05) is 19.0 Å². The van der Waals surface area contributed by atoms with Gasteiger partial charge in [-0.15, -0.1) is 10.2 Å². The van der Waals surface area contributed by atoms with E-state index in [1.165, 1.54) is 0 Å². The zero-order chi connectivity index (χ0) is 20.9. The van der Waals surface area contributed by atoms with E-state index in [0.717, 1.165) is 58.6 Å². The standard InChI is InChI=1S/C23H25N3O3S/c1-28-18-7-5-6-16(14-18)15-21(27)26-12-10-17(11-13-26)22-24-25-23(30-22)19-8-3-4-9-20(19)29-2/h3-9,14,17H,10-13,15H2,1-2H3. The summed E-state index contributed by atoms with van der Waals surface area (Å²) in [4.78, 5) is 14.7. The molecule has 0 N–H and O–H groups in total. The number of rotatable bonds is 6. The number of methoxy groups -OCH3 is 2. The molecule has 0 bridgehead atoms. The normalized spacial score (nSPS) is 14.5. The summed E-state index contributed by atoms with van der Waals surface area (Å²) >= 11 is 1.62. The molecule has 0 aliphatic carbocycles. The molecule has 2 aromatic carbocycles. The minimum absolute atomic E-state index is 0.161. The summed E-state index contributed by atoms with van der Waals surface area (Å²) in [5.74, 6) is 2.08. The van der Waals surface area contributed by atoms with Crippen LogP contribution in [0.5, 0.6) is 11.5 Å². The zero-order valence-electron chi connectivity index (χ0n) is 17.2. The molecule has 1 saturated heterocycles. The van der Waals surface area contributed by atoms with Gasteiger partial charge >= 0.3 is 0 Å². The van der Waals surface area contributed by atoms with Crippen LogP contribution in [0.15, 0.2) is 48.5 Å². The Morgan fingerprint density at radius 2 is 1.87 bits per heavy atom. The SMILES string of the molecule is COc1cccc(CC(=O)N2CCC(c3nnc(-c4ccccc4OC)s3)CC2)c1. The number of carbonyl (C=O) groups excluding carboxylic acids is 1. The topological polar surface area (TPSA) is 64.5 Å². The number of piperidine rings is 1.